The highest BCUT2D eigenvalue weighted by molar-refractivity contribution is 5.80. The number of nitrogens with zero attached hydrogens (tertiary/aromatic N) is 6. The standard InChI is InChI=1S/C31H28N8O2/c1-19-15-24(23-10-6-21(17-32)7-11-23)16-20(2)27(19)35-30-36-29(34-25-12-8-22(18-33)9-13-25)37-31(38-30)39-14-4-5-26(39)28(40)41-3/h6-13,15-16,26H,4-5,14H2,1-3H3,(H2,34,35,36,37,38)/t26-/m0/s1. The Hall–Kier alpha value is -5.48. The third-order valence-corrected chi connectivity index (χ3v) is 6.99. The van der Waals surface area contributed by atoms with Gasteiger partial charge in [-0.15, -0.1) is 0 Å². The number of rotatable bonds is 7. The van der Waals surface area contributed by atoms with Crippen LogP contribution in [0.2, 0.25) is 0 Å². The number of ether oxygens (including phenoxy) is 1. The van der Waals surface area contributed by atoms with Gasteiger partial charge in [-0.3, -0.25) is 0 Å². The molecule has 1 aromatic heterocycles. The normalized spacial score (nSPS) is 14.2. The number of carbonyl (C=O) groups excluding carboxylic acids is 1. The Kier molecular flexibility index (Phi) is 7.75. The lowest BCUT2D eigenvalue weighted by molar-refractivity contribution is -0.141. The molecule has 204 valence electrons. The number of nitriles is 2. The van der Waals surface area contributed by atoms with Crippen LogP contribution in [0, 0.1) is 36.5 Å². The molecule has 0 spiro atoms. The molecule has 1 atom stereocenters. The Morgan fingerprint density at radius 3 is 2.05 bits per heavy atom. The average molecular weight is 545 g/mol. The molecule has 3 aromatic carbocycles. The van der Waals surface area contributed by atoms with Crippen molar-refractivity contribution in [3.8, 4) is 23.3 Å². The van der Waals surface area contributed by atoms with E-state index >= 15 is 0 Å². The molecule has 2 N–H and O–H groups in total. The summed E-state index contributed by atoms with van der Waals surface area (Å²) in [6, 6.07) is 22.4. The number of esters is 1. The maximum absolute atomic E-state index is 12.5. The summed E-state index contributed by atoms with van der Waals surface area (Å²) in [6.07, 6.45) is 1.45. The summed E-state index contributed by atoms with van der Waals surface area (Å²) in [7, 11) is 1.38. The molecule has 0 aliphatic carbocycles. The number of carbonyl (C=O) groups is 1. The molecule has 0 saturated carbocycles. The molecule has 1 aliphatic heterocycles. The summed E-state index contributed by atoms with van der Waals surface area (Å²) in [5.74, 6) is 0.640. The van der Waals surface area contributed by atoms with Crippen molar-refractivity contribution < 1.29 is 9.53 Å². The van der Waals surface area contributed by atoms with E-state index in [0.29, 0.717) is 47.6 Å². The van der Waals surface area contributed by atoms with Crippen LogP contribution in [0.1, 0.15) is 35.1 Å². The Morgan fingerprint density at radius 2 is 1.46 bits per heavy atom. The molecule has 1 saturated heterocycles. The van der Waals surface area contributed by atoms with Crippen molar-refractivity contribution in [2.45, 2.75) is 32.7 Å². The van der Waals surface area contributed by atoms with E-state index < -0.39 is 6.04 Å². The Morgan fingerprint density at radius 1 is 0.878 bits per heavy atom. The predicted octanol–water partition coefficient (Wildman–Crippen LogP) is 5.53. The number of anilines is 5. The third kappa shape index (κ3) is 5.92. The van der Waals surface area contributed by atoms with Gasteiger partial charge in [0.05, 0.1) is 30.4 Å². The fourth-order valence-corrected chi connectivity index (χ4v) is 4.93. The van der Waals surface area contributed by atoms with Crippen molar-refractivity contribution in [3.63, 3.8) is 0 Å². The molecule has 5 rings (SSSR count). The van der Waals surface area contributed by atoms with Gasteiger partial charge in [0.2, 0.25) is 17.8 Å². The van der Waals surface area contributed by atoms with Gasteiger partial charge in [0, 0.05) is 17.9 Å². The molecule has 4 aromatic rings. The number of hydrogen-bond donors (Lipinski definition) is 2. The zero-order valence-electron chi connectivity index (χ0n) is 23.0. The molecule has 10 heteroatoms. The summed E-state index contributed by atoms with van der Waals surface area (Å²) in [5, 5.41) is 24.8. The lowest BCUT2D eigenvalue weighted by atomic mass is 9.98. The van der Waals surface area contributed by atoms with Gasteiger partial charge in [-0.25, -0.2) is 4.79 Å². The van der Waals surface area contributed by atoms with E-state index in [2.05, 4.69) is 44.9 Å². The smallest absolute Gasteiger partial charge is 0.328 e. The topological polar surface area (TPSA) is 140 Å². The Bertz CT molecular complexity index is 1650. The highest BCUT2D eigenvalue weighted by Crippen LogP contribution is 2.32. The fourth-order valence-electron chi connectivity index (χ4n) is 4.93. The molecule has 0 radical (unpaired) electrons. The van der Waals surface area contributed by atoms with E-state index in [0.717, 1.165) is 34.4 Å². The van der Waals surface area contributed by atoms with Gasteiger partial charge in [-0.2, -0.15) is 25.5 Å². The maximum atomic E-state index is 12.5. The minimum absolute atomic E-state index is 0.294. The molecule has 41 heavy (non-hydrogen) atoms. The SMILES string of the molecule is COC(=O)[C@@H]1CCCN1c1nc(Nc2ccc(C#N)cc2)nc(Nc2c(C)cc(-c3ccc(C#N)cc3)cc2C)n1. The van der Waals surface area contributed by atoms with Gasteiger partial charge in [-0.05, 0) is 97.5 Å². The van der Waals surface area contributed by atoms with E-state index in [1.807, 2.05) is 30.9 Å². The van der Waals surface area contributed by atoms with E-state index in [1.165, 1.54) is 7.11 Å². The summed E-state index contributed by atoms with van der Waals surface area (Å²) >= 11 is 0. The monoisotopic (exact) mass is 544 g/mol. The van der Waals surface area contributed by atoms with Crippen LogP contribution in [0.5, 0.6) is 0 Å². The number of methoxy groups -OCH3 is 1. The highest BCUT2D eigenvalue weighted by atomic mass is 16.5. The van der Waals surface area contributed by atoms with Gasteiger partial charge in [0.25, 0.3) is 0 Å². The zero-order valence-corrected chi connectivity index (χ0v) is 23.0. The molecule has 2 heterocycles. The van der Waals surface area contributed by atoms with Gasteiger partial charge >= 0.3 is 5.97 Å². The predicted molar refractivity (Wildman–Crippen MR) is 156 cm³/mol. The first-order valence-corrected chi connectivity index (χ1v) is 13.1. The number of aromatic nitrogens is 3. The summed E-state index contributed by atoms with van der Waals surface area (Å²) in [4.78, 5) is 28.3. The minimum atomic E-state index is -0.479. The van der Waals surface area contributed by atoms with Crippen molar-refractivity contribution in [1.29, 1.82) is 10.5 Å². The Balaban J connectivity index is 1.50. The minimum Gasteiger partial charge on any atom is -0.467 e. The van der Waals surface area contributed by atoms with Crippen LogP contribution in [0.25, 0.3) is 11.1 Å². The highest BCUT2D eigenvalue weighted by Gasteiger charge is 2.34. The largest absolute Gasteiger partial charge is 0.467 e. The first-order chi connectivity index (χ1) is 19.9. The third-order valence-electron chi connectivity index (χ3n) is 6.99. The second kappa shape index (κ2) is 11.7. The van der Waals surface area contributed by atoms with Crippen molar-refractivity contribution in [1.82, 2.24) is 15.0 Å². The molecular weight excluding hydrogens is 516 g/mol. The molecule has 0 amide bonds. The Labute approximate surface area is 238 Å². The van der Waals surface area contributed by atoms with Crippen molar-refractivity contribution in [2.24, 2.45) is 0 Å². The molecule has 10 nitrogen and oxygen atoms in total. The second-order valence-corrected chi connectivity index (χ2v) is 9.77. The van der Waals surface area contributed by atoms with Gasteiger partial charge in [0.15, 0.2) is 0 Å². The van der Waals surface area contributed by atoms with Crippen LogP contribution in [0.3, 0.4) is 0 Å². The van der Waals surface area contributed by atoms with E-state index in [-0.39, 0.29) is 5.97 Å². The van der Waals surface area contributed by atoms with Crippen LogP contribution >= 0.6 is 0 Å². The van der Waals surface area contributed by atoms with Crippen molar-refractivity contribution in [2.75, 3.05) is 29.2 Å². The quantitative estimate of drug-likeness (QED) is 0.285. The van der Waals surface area contributed by atoms with Gasteiger partial charge < -0.3 is 20.3 Å². The van der Waals surface area contributed by atoms with Crippen molar-refractivity contribution in [3.05, 3.63) is 82.9 Å². The van der Waals surface area contributed by atoms with E-state index in [1.54, 1.807) is 36.4 Å². The van der Waals surface area contributed by atoms with Crippen LogP contribution in [0.4, 0.5) is 29.2 Å². The zero-order chi connectivity index (χ0) is 28.9. The number of aryl methyl sites for hydroxylation is 2. The van der Waals surface area contributed by atoms with Crippen LogP contribution in [-0.2, 0) is 9.53 Å². The van der Waals surface area contributed by atoms with Gasteiger partial charge in [-0.1, -0.05) is 12.1 Å². The number of hydrogen-bond acceptors (Lipinski definition) is 10. The van der Waals surface area contributed by atoms with Gasteiger partial charge in [0.1, 0.15) is 6.04 Å². The molecule has 0 bridgehead atoms. The fraction of sp³-hybridized carbons (Fsp3) is 0.226. The molecule has 1 aliphatic rings. The second-order valence-electron chi connectivity index (χ2n) is 9.77. The van der Waals surface area contributed by atoms with Crippen molar-refractivity contribution >= 4 is 35.2 Å². The molecule has 0 unspecified atom stereocenters. The van der Waals surface area contributed by atoms with E-state index in [9.17, 15) is 4.79 Å². The molecule has 1 fully saturated rings. The number of nitrogens with one attached hydrogen (secondary N) is 2. The van der Waals surface area contributed by atoms with Crippen LogP contribution in [-0.4, -0.2) is 40.6 Å². The lowest BCUT2D eigenvalue weighted by Gasteiger charge is -2.23. The average Bonchev–Trinajstić information content (AvgIpc) is 3.49. The molecular formula is C31H28N8O2. The first kappa shape index (κ1) is 27.1. The summed E-state index contributed by atoms with van der Waals surface area (Å²) in [6.45, 7) is 4.62. The summed E-state index contributed by atoms with van der Waals surface area (Å²) < 4.78 is 5.03. The summed E-state index contributed by atoms with van der Waals surface area (Å²) in [5.41, 5.74) is 6.75. The van der Waals surface area contributed by atoms with E-state index in [4.69, 9.17) is 20.2 Å². The first-order valence-electron chi connectivity index (χ1n) is 13.1. The van der Waals surface area contributed by atoms with Crippen LogP contribution < -0.4 is 15.5 Å². The maximum Gasteiger partial charge on any atom is 0.328 e. The lowest BCUT2D eigenvalue weighted by Crippen LogP contribution is -2.38. The number of benzene rings is 3. The van der Waals surface area contributed by atoms with Crippen LogP contribution in [0.15, 0.2) is 60.7 Å².